The van der Waals surface area contributed by atoms with Crippen molar-refractivity contribution >= 4 is 60.9 Å². The first-order valence-electron chi connectivity index (χ1n) is 24.4. The molecule has 3 aromatic heterocycles. The van der Waals surface area contributed by atoms with Gasteiger partial charge in [-0.05, 0) is 148 Å². The highest BCUT2D eigenvalue weighted by molar-refractivity contribution is 6.21. The van der Waals surface area contributed by atoms with Gasteiger partial charge in [0.2, 0.25) is 0 Å². The zero-order valence-corrected chi connectivity index (χ0v) is 40.6. The fourth-order valence-corrected chi connectivity index (χ4v) is 13.5. The molecule has 0 fully saturated rings. The van der Waals surface area contributed by atoms with Crippen molar-refractivity contribution in [3.8, 4) is 44.6 Å². The van der Waals surface area contributed by atoms with Gasteiger partial charge < -0.3 is 13.7 Å². The van der Waals surface area contributed by atoms with Crippen LogP contribution in [0.2, 0.25) is 0 Å². The van der Waals surface area contributed by atoms with E-state index in [-0.39, 0.29) is 16.2 Å². The molecule has 3 heterocycles. The second kappa shape index (κ2) is 13.5. The van der Waals surface area contributed by atoms with Crippen molar-refractivity contribution in [1.29, 1.82) is 0 Å². The summed E-state index contributed by atoms with van der Waals surface area (Å²) in [7, 11) is 0. The molecule has 0 aliphatic heterocycles. The molecule has 334 valence electrons. The molecule has 69 heavy (non-hydrogen) atoms. The van der Waals surface area contributed by atoms with E-state index in [1.165, 1.54) is 99.9 Å². The number of pyridine rings is 1. The maximum atomic E-state index is 7.00. The highest BCUT2D eigenvalue weighted by Gasteiger charge is 2.49. The molecule has 11 aromatic rings. The summed E-state index contributed by atoms with van der Waals surface area (Å²) >= 11 is 0. The number of aromatic nitrogens is 1. The summed E-state index contributed by atoms with van der Waals surface area (Å²) in [6.07, 6.45) is 1.87. The lowest BCUT2D eigenvalue weighted by Crippen LogP contribution is -2.24. The number of furan rings is 2. The molecule has 0 unspecified atom stereocenters. The van der Waals surface area contributed by atoms with Crippen molar-refractivity contribution in [3.05, 3.63) is 202 Å². The van der Waals surface area contributed by atoms with Crippen LogP contribution >= 0.6 is 0 Å². The fourth-order valence-electron chi connectivity index (χ4n) is 13.5. The summed E-state index contributed by atoms with van der Waals surface area (Å²) in [6, 6.07) is 53.7. The van der Waals surface area contributed by atoms with Crippen LogP contribution in [0.3, 0.4) is 0 Å². The zero-order chi connectivity index (χ0) is 47.0. The maximum absolute atomic E-state index is 7.00. The first-order valence-corrected chi connectivity index (χ1v) is 24.4. The van der Waals surface area contributed by atoms with Crippen molar-refractivity contribution in [1.82, 2.24) is 4.98 Å². The van der Waals surface area contributed by atoms with Gasteiger partial charge in [0, 0.05) is 66.5 Å². The molecule has 0 amide bonds. The van der Waals surface area contributed by atoms with Crippen molar-refractivity contribution < 1.29 is 8.83 Å². The molecule has 0 N–H and O–H groups in total. The lowest BCUT2D eigenvalue weighted by molar-refractivity contribution is 0.600. The highest BCUT2D eigenvalue weighted by Crippen LogP contribution is 2.64. The minimum atomic E-state index is -0.328. The summed E-state index contributed by atoms with van der Waals surface area (Å²) in [6.45, 7) is 21.3. The Morgan fingerprint density at radius 2 is 0.971 bits per heavy atom. The van der Waals surface area contributed by atoms with Crippen molar-refractivity contribution in [2.24, 2.45) is 0 Å². The zero-order valence-electron chi connectivity index (χ0n) is 40.6. The van der Waals surface area contributed by atoms with Gasteiger partial charge in [-0.1, -0.05) is 138 Å². The third kappa shape index (κ3) is 5.16. The number of benzene rings is 8. The number of aryl methyl sites for hydroxylation is 3. The van der Waals surface area contributed by atoms with Crippen LogP contribution in [0.25, 0.3) is 88.5 Å². The molecule has 0 atom stereocenters. The van der Waals surface area contributed by atoms with E-state index < -0.39 is 0 Å². The molecule has 4 heteroatoms. The van der Waals surface area contributed by atoms with E-state index in [0.29, 0.717) is 0 Å². The van der Waals surface area contributed by atoms with Gasteiger partial charge in [-0.25, -0.2) is 0 Å². The molecule has 0 bridgehead atoms. The average molecular weight is 893 g/mol. The SMILES string of the molecule is Cc1cc(C)c(N(c2ccc3c(c2)C(C)(C)c2cc(-c4ccccn4)c4oc5ccccc5c4c2-3)c2ccc3c(c2)C(C)(C)c2c4c(c5oc6ccccc6c5c2-3)-c2ccccc2C4(C)C)c(C)c1. The Labute approximate surface area is 402 Å². The van der Waals surface area contributed by atoms with E-state index in [1.54, 1.807) is 0 Å². The minimum absolute atomic E-state index is 0.227. The van der Waals surface area contributed by atoms with Crippen molar-refractivity contribution in [2.75, 3.05) is 4.90 Å². The largest absolute Gasteiger partial charge is 0.455 e. The van der Waals surface area contributed by atoms with E-state index in [4.69, 9.17) is 13.8 Å². The first kappa shape index (κ1) is 40.4. The van der Waals surface area contributed by atoms with E-state index in [2.05, 4.69) is 207 Å². The van der Waals surface area contributed by atoms with Gasteiger partial charge in [0.15, 0.2) is 0 Å². The smallest absolute Gasteiger partial charge is 0.145 e. The normalized spacial score (nSPS) is 15.4. The summed E-state index contributed by atoms with van der Waals surface area (Å²) in [5, 5.41) is 4.67. The second-order valence-electron chi connectivity index (χ2n) is 21.6. The number of rotatable bonds is 4. The third-order valence-electron chi connectivity index (χ3n) is 16.5. The molecular formula is C65H52N2O2. The molecule has 8 aromatic carbocycles. The Kier molecular flexibility index (Phi) is 7.91. The Bertz CT molecular complexity index is 4060. The Morgan fingerprint density at radius 3 is 1.64 bits per heavy atom. The van der Waals surface area contributed by atoms with Crippen LogP contribution in [0.1, 0.15) is 91.6 Å². The van der Waals surface area contributed by atoms with Gasteiger partial charge in [-0.2, -0.15) is 0 Å². The summed E-state index contributed by atoms with van der Waals surface area (Å²) in [5.74, 6) is 0. The van der Waals surface area contributed by atoms with Crippen LogP contribution in [0.4, 0.5) is 17.1 Å². The van der Waals surface area contributed by atoms with Gasteiger partial charge in [0.05, 0.1) is 11.4 Å². The number of fused-ring (bicyclic) bond motifs is 19. The number of para-hydroxylation sites is 2. The molecule has 4 nitrogen and oxygen atoms in total. The van der Waals surface area contributed by atoms with E-state index in [9.17, 15) is 0 Å². The lowest BCUT2D eigenvalue weighted by Gasteiger charge is -2.33. The van der Waals surface area contributed by atoms with Crippen LogP contribution in [0, 0.1) is 20.8 Å². The van der Waals surface area contributed by atoms with E-state index >= 15 is 0 Å². The molecule has 0 spiro atoms. The Hall–Kier alpha value is -7.69. The molecule has 3 aliphatic carbocycles. The van der Waals surface area contributed by atoms with Gasteiger partial charge in [-0.3, -0.25) is 4.98 Å². The van der Waals surface area contributed by atoms with Gasteiger partial charge in [-0.15, -0.1) is 0 Å². The monoisotopic (exact) mass is 892 g/mol. The average Bonchev–Trinajstić information content (AvgIpc) is 4.09. The molecule has 3 aliphatic rings. The number of hydrogen-bond donors (Lipinski definition) is 0. The predicted molar refractivity (Wildman–Crippen MR) is 286 cm³/mol. The van der Waals surface area contributed by atoms with E-state index in [1.807, 2.05) is 12.3 Å². The van der Waals surface area contributed by atoms with Crippen LogP contribution in [0.5, 0.6) is 0 Å². The standard InChI is InChI=1S/C65H52N2O2/c1-35-30-36(2)60(37(3)31-35)67(38-25-27-41-47(32-38)63(4,5)49-34-45(50-22-16-17-29-66-50)61-55(53(41)49)43-19-11-14-23-51(43)68-61)39-26-28-42-48(33-39)65(8,9)58-54(42)56-44-20-12-15-24-52(44)69-62(56)57-40-18-10-13-21-46(40)64(6,7)59(57)58/h10-34H,1-9H3. The first-order chi connectivity index (χ1) is 33.2. The van der Waals surface area contributed by atoms with Gasteiger partial charge in [0.25, 0.3) is 0 Å². The third-order valence-corrected chi connectivity index (χ3v) is 16.5. The van der Waals surface area contributed by atoms with Crippen LogP contribution in [-0.4, -0.2) is 4.98 Å². The number of anilines is 3. The molecule has 0 saturated heterocycles. The molecule has 14 rings (SSSR count). The molecule has 0 saturated carbocycles. The van der Waals surface area contributed by atoms with E-state index in [0.717, 1.165) is 55.7 Å². The Balaban J connectivity index is 1.01. The summed E-state index contributed by atoms with van der Waals surface area (Å²) in [4.78, 5) is 7.39. The lowest BCUT2D eigenvalue weighted by atomic mass is 9.72. The molecular weight excluding hydrogens is 841 g/mol. The van der Waals surface area contributed by atoms with Crippen LogP contribution in [-0.2, 0) is 16.2 Å². The van der Waals surface area contributed by atoms with Crippen LogP contribution in [0.15, 0.2) is 161 Å². The minimum Gasteiger partial charge on any atom is -0.455 e. The summed E-state index contributed by atoms with van der Waals surface area (Å²) < 4.78 is 13.8. The van der Waals surface area contributed by atoms with Gasteiger partial charge in [0.1, 0.15) is 22.3 Å². The quantitative estimate of drug-likeness (QED) is 0.177. The maximum Gasteiger partial charge on any atom is 0.145 e. The summed E-state index contributed by atoms with van der Waals surface area (Å²) in [5.41, 5.74) is 27.7. The van der Waals surface area contributed by atoms with Crippen LogP contribution < -0.4 is 4.90 Å². The van der Waals surface area contributed by atoms with Crippen molar-refractivity contribution in [3.63, 3.8) is 0 Å². The topological polar surface area (TPSA) is 42.4 Å². The molecule has 0 radical (unpaired) electrons. The highest BCUT2D eigenvalue weighted by atomic mass is 16.3. The number of hydrogen-bond acceptors (Lipinski definition) is 4. The number of nitrogens with zero attached hydrogens (tertiary/aromatic N) is 2. The Morgan fingerprint density at radius 1 is 0.435 bits per heavy atom. The second-order valence-corrected chi connectivity index (χ2v) is 21.6. The fraction of sp³-hybridized carbons (Fsp3) is 0.185. The van der Waals surface area contributed by atoms with Gasteiger partial charge >= 0.3 is 0 Å². The predicted octanol–water partition coefficient (Wildman–Crippen LogP) is 17.9. The van der Waals surface area contributed by atoms with Crippen molar-refractivity contribution in [2.45, 2.75) is 78.6 Å².